The third kappa shape index (κ3) is 5.91. The zero-order chi connectivity index (χ0) is 14.3. The largest absolute Gasteiger partial charge is 0.482 e. The van der Waals surface area contributed by atoms with Crippen molar-refractivity contribution < 1.29 is 23.9 Å². The molecule has 8 nitrogen and oxygen atoms in total. The number of anilines is 1. The molecule has 0 saturated carbocycles. The first kappa shape index (κ1) is 14.3. The van der Waals surface area contributed by atoms with Crippen molar-refractivity contribution in [1.82, 2.24) is 5.32 Å². The van der Waals surface area contributed by atoms with E-state index in [1.807, 2.05) is 0 Å². The van der Waals surface area contributed by atoms with E-state index in [1.165, 1.54) is 6.07 Å². The summed E-state index contributed by atoms with van der Waals surface area (Å²) in [5.74, 6) is -1.18. The van der Waals surface area contributed by atoms with Gasteiger partial charge in [-0.25, -0.2) is 9.59 Å². The number of hydrogen-bond acceptors (Lipinski definition) is 6. The number of esters is 1. The van der Waals surface area contributed by atoms with Crippen LogP contribution in [-0.2, 0) is 14.3 Å². The summed E-state index contributed by atoms with van der Waals surface area (Å²) in [6.07, 6.45) is 0. The molecule has 1 rings (SSSR count). The predicted octanol–water partition coefficient (Wildman–Crippen LogP) is -0.614. The molecule has 1 aromatic rings. The Bertz CT molecular complexity index is 489. The molecule has 8 heteroatoms. The highest BCUT2D eigenvalue weighted by molar-refractivity contribution is 5.94. The molecule has 0 fully saturated rings. The van der Waals surface area contributed by atoms with E-state index in [4.69, 9.17) is 16.2 Å². The smallest absolute Gasteiger partial charge is 0.344 e. The topological polar surface area (TPSA) is 134 Å². The number of benzene rings is 1. The number of nitrogens with one attached hydrogen (secondary N) is 1. The third-order valence-electron chi connectivity index (χ3n) is 1.84. The van der Waals surface area contributed by atoms with Crippen LogP contribution in [0, 0.1) is 0 Å². The average Bonchev–Trinajstić information content (AvgIpc) is 2.33. The van der Waals surface area contributed by atoms with Crippen LogP contribution in [0.4, 0.5) is 10.5 Å². The Morgan fingerprint density at radius 2 is 1.95 bits per heavy atom. The normalized spacial score (nSPS) is 9.47. The molecule has 0 aliphatic carbocycles. The van der Waals surface area contributed by atoms with Gasteiger partial charge in [0, 0.05) is 11.8 Å². The predicted molar refractivity (Wildman–Crippen MR) is 65.0 cm³/mol. The van der Waals surface area contributed by atoms with E-state index in [2.05, 4.69) is 4.74 Å². The monoisotopic (exact) mass is 267 g/mol. The summed E-state index contributed by atoms with van der Waals surface area (Å²) >= 11 is 0. The Balaban J connectivity index is 2.28. The quantitative estimate of drug-likeness (QED) is 0.481. The molecular formula is C11H13N3O5. The molecule has 1 aromatic carbocycles. The Morgan fingerprint density at radius 1 is 1.21 bits per heavy atom. The lowest BCUT2D eigenvalue weighted by molar-refractivity contribution is -0.150. The van der Waals surface area contributed by atoms with Gasteiger partial charge >= 0.3 is 12.0 Å². The van der Waals surface area contributed by atoms with Crippen molar-refractivity contribution in [2.75, 3.05) is 18.9 Å². The van der Waals surface area contributed by atoms with Gasteiger partial charge < -0.3 is 20.9 Å². The number of rotatable bonds is 5. The highest BCUT2D eigenvalue weighted by Crippen LogP contribution is 2.14. The number of primary amides is 1. The van der Waals surface area contributed by atoms with Crippen LogP contribution in [0.1, 0.15) is 0 Å². The van der Waals surface area contributed by atoms with Crippen LogP contribution in [0.2, 0.25) is 0 Å². The van der Waals surface area contributed by atoms with Crippen molar-refractivity contribution in [3.05, 3.63) is 24.3 Å². The van der Waals surface area contributed by atoms with Crippen LogP contribution in [-0.4, -0.2) is 31.1 Å². The highest BCUT2D eigenvalue weighted by atomic mass is 16.6. The molecule has 0 aliphatic heterocycles. The fourth-order valence-electron chi connectivity index (χ4n) is 1.11. The van der Waals surface area contributed by atoms with E-state index < -0.39 is 24.5 Å². The molecule has 0 bridgehead atoms. The minimum absolute atomic E-state index is 0.382. The first-order valence-electron chi connectivity index (χ1n) is 5.20. The first-order valence-corrected chi connectivity index (χ1v) is 5.20. The van der Waals surface area contributed by atoms with Gasteiger partial charge in [-0.05, 0) is 12.1 Å². The number of ether oxygens (including phenoxy) is 2. The van der Waals surface area contributed by atoms with Crippen molar-refractivity contribution in [3.8, 4) is 5.75 Å². The first-order chi connectivity index (χ1) is 8.97. The van der Waals surface area contributed by atoms with Gasteiger partial charge in [-0.3, -0.25) is 10.1 Å². The zero-order valence-corrected chi connectivity index (χ0v) is 9.92. The molecule has 0 saturated heterocycles. The second kappa shape index (κ2) is 6.84. The summed E-state index contributed by atoms with van der Waals surface area (Å²) in [5, 5.41) is 1.74. The Hall–Kier alpha value is -2.77. The van der Waals surface area contributed by atoms with Crippen molar-refractivity contribution in [1.29, 1.82) is 0 Å². The van der Waals surface area contributed by atoms with E-state index in [0.717, 1.165) is 0 Å². The van der Waals surface area contributed by atoms with Gasteiger partial charge in [0.15, 0.2) is 13.2 Å². The lowest BCUT2D eigenvalue weighted by Crippen LogP contribution is -2.38. The SMILES string of the molecule is NC(=O)NC(=O)COC(=O)COc1cccc(N)c1. The number of hydrogen-bond donors (Lipinski definition) is 3. The molecule has 0 aliphatic rings. The van der Waals surface area contributed by atoms with Crippen molar-refractivity contribution in [2.45, 2.75) is 0 Å². The van der Waals surface area contributed by atoms with Gasteiger partial charge in [-0.1, -0.05) is 6.07 Å². The van der Waals surface area contributed by atoms with E-state index in [0.29, 0.717) is 11.4 Å². The van der Waals surface area contributed by atoms with Crippen LogP contribution in [0.15, 0.2) is 24.3 Å². The van der Waals surface area contributed by atoms with E-state index in [9.17, 15) is 14.4 Å². The fourth-order valence-corrected chi connectivity index (χ4v) is 1.11. The number of nitrogen functional groups attached to an aromatic ring is 1. The number of carbonyl (C=O) groups is 3. The zero-order valence-electron chi connectivity index (χ0n) is 9.92. The number of carbonyl (C=O) groups excluding carboxylic acids is 3. The molecular weight excluding hydrogens is 254 g/mol. The van der Waals surface area contributed by atoms with Gasteiger partial charge in [0.05, 0.1) is 0 Å². The minimum Gasteiger partial charge on any atom is -0.482 e. The van der Waals surface area contributed by atoms with Crippen LogP contribution in [0.25, 0.3) is 0 Å². The molecule has 0 heterocycles. The van der Waals surface area contributed by atoms with Gasteiger partial charge in [-0.15, -0.1) is 0 Å². The number of imide groups is 1. The van der Waals surface area contributed by atoms with Crippen LogP contribution < -0.4 is 21.5 Å². The summed E-state index contributed by atoms with van der Waals surface area (Å²) < 4.78 is 9.63. The summed E-state index contributed by atoms with van der Waals surface area (Å²) in [6.45, 7) is -0.991. The molecule has 0 spiro atoms. The van der Waals surface area contributed by atoms with Crippen molar-refractivity contribution >= 4 is 23.6 Å². The summed E-state index contributed by atoms with van der Waals surface area (Å²) in [4.78, 5) is 32.5. The summed E-state index contributed by atoms with van der Waals surface area (Å²) in [7, 11) is 0. The lowest BCUT2D eigenvalue weighted by Gasteiger charge is -2.07. The number of urea groups is 1. The molecule has 5 N–H and O–H groups in total. The summed E-state index contributed by atoms with van der Waals surface area (Å²) in [6, 6.07) is 5.46. The Morgan fingerprint density at radius 3 is 2.58 bits per heavy atom. The fraction of sp³-hybridized carbons (Fsp3) is 0.182. The molecule has 19 heavy (non-hydrogen) atoms. The molecule has 0 radical (unpaired) electrons. The van der Waals surface area contributed by atoms with Crippen molar-refractivity contribution in [2.24, 2.45) is 5.73 Å². The minimum atomic E-state index is -1.02. The van der Waals surface area contributed by atoms with E-state index in [-0.39, 0.29) is 6.61 Å². The Kier molecular flexibility index (Phi) is 5.15. The standard InChI is InChI=1S/C11H13N3O5/c12-7-2-1-3-8(4-7)18-6-10(16)19-5-9(15)14-11(13)17/h1-4H,5-6,12H2,(H3,13,14,15,17). The summed E-state index contributed by atoms with van der Waals surface area (Å²) in [5.41, 5.74) is 10.7. The second-order valence-corrected chi connectivity index (χ2v) is 3.43. The van der Waals surface area contributed by atoms with Gasteiger partial charge in [-0.2, -0.15) is 0 Å². The van der Waals surface area contributed by atoms with E-state index >= 15 is 0 Å². The third-order valence-corrected chi connectivity index (χ3v) is 1.84. The van der Waals surface area contributed by atoms with Gasteiger partial charge in [0.25, 0.3) is 5.91 Å². The molecule has 102 valence electrons. The maximum absolute atomic E-state index is 11.2. The van der Waals surface area contributed by atoms with Gasteiger partial charge in [0.2, 0.25) is 0 Å². The molecule has 0 unspecified atom stereocenters. The van der Waals surface area contributed by atoms with Crippen molar-refractivity contribution in [3.63, 3.8) is 0 Å². The Labute approximate surface area is 108 Å². The maximum atomic E-state index is 11.2. The lowest BCUT2D eigenvalue weighted by atomic mass is 10.3. The molecule has 0 atom stereocenters. The van der Waals surface area contributed by atoms with E-state index in [1.54, 1.807) is 23.5 Å². The highest BCUT2D eigenvalue weighted by Gasteiger charge is 2.09. The van der Waals surface area contributed by atoms with Crippen LogP contribution >= 0.6 is 0 Å². The van der Waals surface area contributed by atoms with Crippen LogP contribution in [0.5, 0.6) is 5.75 Å². The van der Waals surface area contributed by atoms with Crippen LogP contribution in [0.3, 0.4) is 0 Å². The average molecular weight is 267 g/mol. The molecule has 3 amide bonds. The molecule has 0 aromatic heterocycles. The second-order valence-electron chi connectivity index (χ2n) is 3.43. The van der Waals surface area contributed by atoms with Gasteiger partial charge in [0.1, 0.15) is 5.75 Å². The number of nitrogens with two attached hydrogens (primary N) is 2. The maximum Gasteiger partial charge on any atom is 0.344 e. The number of amides is 3.